The van der Waals surface area contributed by atoms with Crippen LogP contribution in [-0.2, 0) is 11.2 Å². The maximum Gasteiger partial charge on any atom is 0.309 e. The molecule has 124 valence electrons. The number of halogens is 1. The molecule has 2 aromatic carbocycles. The Kier molecular flexibility index (Phi) is 3.74. The molecule has 0 aliphatic heterocycles. The minimum atomic E-state index is -1.03. The Balaban J connectivity index is 2.04. The van der Waals surface area contributed by atoms with Crippen molar-refractivity contribution < 1.29 is 9.90 Å². The highest BCUT2D eigenvalue weighted by Gasteiger charge is 2.16. The van der Waals surface area contributed by atoms with Crippen LogP contribution >= 0.6 is 22.9 Å². The van der Waals surface area contributed by atoms with E-state index in [9.17, 15) is 9.59 Å². The van der Waals surface area contributed by atoms with E-state index in [0.29, 0.717) is 20.9 Å². The highest BCUT2D eigenvalue weighted by molar-refractivity contribution is 7.20. The monoisotopic (exact) mass is 371 g/mol. The van der Waals surface area contributed by atoms with Crippen molar-refractivity contribution in [3.05, 3.63) is 63.5 Å². The van der Waals surface area contributed by atoms with Gasteiger partial charge >= 0.3 is 5.97 Å². The molecule has 0 spiro atoms. The average molecular weight is 372 g/mol. The number of carboxylic acid groups (broad SMARTS) is 1. The van der Waals surface area contributed by atoms with Crippen molar-refractivity contribution in [1.82, 2.24) is 14.8 Å². The fraction of sp³-hybridized carbons (Fsp3) is 0.0588. The van der Waals surface area contributed by atoms with Gasteiger partial charge in [0, 0.05) is 10.4 Å². The van der Waals surface area contributed by atoms with Gasteiger partial charge in [0.25, 0.3) is 5.56 Å². The summed E-state index contributed by atoms with van der Waals surface area (Å²) in [6.45, 7) is 0. The highest BCUT2D eigenvalue weighted by atomic mass is 35.5. The van der Waals surface area contributed by atoms with Crippen LogP contribution in [0.3, 0.4) is 0 Å². The van der Waals surface area contributed by atoms with Crippen LogP contribution in [0.25, 0.3) is 26.1 Å². The van der Waals surface area contributed by atoms with E-state index >= 15 is 0 Å². The van der Waals surface area contributed by atoms with Gasteiger partial charge in [0.2, 0.25) is 5.13 Å². The van der Waals surface area contributed by atoms with Gasteiger partial charge in [-0.15, -0.1) is 0 Å². The van der Waals surface area contributed by atoms with Crippen molar-refractivity contribution in [2.75, 3.05) is 0 Å². The number of hydrogen-bond acceptors (Lipinski definition) is 5. The van der Waals surface area contributed by atoms with E-state index in [2.05, 4.69) is 10.1 Å². The minimum Gasteiger partial charge on any atom is -0.481 e. The lowest BCUT2D eigenvalue weighted by atomic mass is 10.1. The molecule has 0 amide bonds. The normalized spacial score (nSPS) is 11.2. The number of rotatable bonds is 3. The van der Waals surface area contributed by atoms with Crippen molar-refractivity contribution >= 4 is 49.9 Å². The quantitative estimate of drug-likeness (QED) is 0.597. The van der Waals surface area contributed by atoms with Gasteiger partial charge in [-0.3, -0.25) is 9.59 Å². The predicted octanol–water partition coefficient (Wildman–Crippen LogP) is 3.28. The molecular formula is C17H10ClN3O3S. The Labute approximate surface area is 149 Å². The zero-order valence-corrected chi connectivity index (χ0v) is 14.2. The maximum atomic E-state index is 12.9. The summed E-state index contributed by atoms with van der Waals surface area (Å²) in [5.41, 5.74) is 0.658. The number of carboxylic acids is 1. The number of aliphatic carboxylic acids is 1. The molecule has 0 saturated carbocycles. The van der Waals surface area contributed by atoms with E-state index in [1.54, 1.807) is 12.1 Å². The SMILES string of the molecule is O=C(O)Cc1nn(-c2nc3ccccc3s2)c(=O)c2cc(Cl)ccc12. The van der Waals surface area contributed by atoms with Crippen molar-refractivity contribution in [1.29, 1.82) is 0 Å². The van der Waals surface area contributed by atoms with Crippen molar-refractivity contribution in [3.8, 4) is 5.13 Å². The van der Waals surface area contributed by atoms with Gasteiger partial charge in [0.15, 0.2) is 0 Å². The maximum absolute atomic E-state index is 12.9. The first-order valence-electron chi connectivity index (χ1n) is 7.32. The zero-order chi connectivity index (χ0) is 17.6. The molecular weight excluding hydrogens is 362 g/mol. The number of aromatic nitrogens is 3. The van der Waals surface area contributed by atoms with Crippen LogP contribution in [0, 0.1) is 0 Å². The summed E-state index contributed by atoms with van der Waals surface area (Å²) in [6, 6.07) is 12.2. The van der Waals surface area contributed by atoms with E-state index in [-0.39, 0.29) is 17.7 Å². The molecule has 2 aromatic heterocycles. The molecule has 0 aliphatic rings. The summed E-state index contributed by atoms with van der Waals surface area (Å²) in [7, 11) is 0. The lowest BCUT2D eigenvalue weighted by molar-refractivity contribution is -0.136. The molecule has 0 radical (unpaired) electrons. The molecule has 0 saturated heterocycles. The average Bonchev–Trinajstić information content (AvgIpc) is 3.00. The largest absolute Gasteiger partial charge is 0.481 e. The summed E-state index contributed by atoms with van der Waals surface area (Å²) >= 11 is 7.33. The molecule has 25 heavy (non-hydrogen) atoms. The lowest BCUT2D eigenvalue weighted by Crippen LogP contribution is -2.24. The summed E-state index contributed by atoms with van der Waals surface area (Å²) in [6.07, 6.45) is -0.302. The molecule has 1 N–H and O–H groups in total. The Bertz CT molecular complexity index is 1170. The van der Waals surface area contributed by atoms with E-state index < -0.39 is 5.97 Å². The molecule has 0 aliphatic carbocycles. The van der Waals surface area contributed by atoms with E-state index in [4.69, 9.17) is 16.7 Å². The first-order chi connectivity index (χ1) is 12.0. The third-order valence-corrected chi connectivity index (χ3v) is 4.97. The summed E-state index contributed by atoms with van der Waals surface area (Å²) in [4.78, 5) is 28.5. The second kappa shape index (κ2) is 5.94. The lowest BCUT2D eigenvalue weighted by Gasteiger charge is -2.08. The Morgan fingerprint density at radius 2 is 2.00 bits per heavy atom. The van der Waals surface area contributed by atoms with Gasteiger partial charge in [-0.05, 0) is 24.3 Å². The van der Waals surface area contributed by atoms with Crippen LogP contribution in [0.5, 0.6) is 0 Å². The van der Waals surface area contributed by atoms with Crippen LogP contribution < -0.4 is 5.56 Å². The van der Waals surface area contributed by atoms with Crippen LogP contribution in [0.15, 0.2) is 47.3 Å². The number of hydrogen-bond donors (Lipinski definition) is 1. The fourth-order valence-corrected chi connectivity index (χ4v) is 3.72. The second-order valence-electron chi connectivity index (χ2n) is 5.39. The molecule has 0 fully saturated rings. The number of para-hydroxylation sites is 1. The highest BCUT2D eigenvalue weighted by Crippen LogP contribution is 2.25. The van der Waals surface area contributed by atoms with Crippen LogP contribution in [-0.4, -0.2) is 25.8 Å². The van der Waals surface area contributed by atoms with Gasteiger partial charge < -0.3 is 5.11 Å². The van der Waals surface area contributed by atoms with Crippen molar-refractivity contribution in [2.24, 2.45) is 0 Å². The van der Waals surface area contributed by atoms with Crippen molar-refractivity contribution in [2.45, 2.75) is 6.42 Å². The number of benzene rings is 2. The van der Waals surface area contributed by atoms with Gasteiger partial charge in [0.05, 0.1) is 27.7 Å². The summed E-state index contributed by atoms with van der Waals surface area (Å²) in [5, 5.41) is 15.0. The second-order valence-corrected chi connectivity index (χ2v) is 6.83. The Morgan fingerprint density at radius 3 is 2.76 bits per heavy atom. The minimum absolute atomic E-state index is 0.290. The van der Waals surface area contributed by atoms with Crippen LogP contribution in [0.4, 0.5) is 0 Å². The molecule has 6 nitrogen and oxygen atoms in total. The van der Waals surface area contributed by atoms with Gasteiger partial charge in [-0.25, -0.2) is 4.98 Å². The molecule has 4 aromatic rings. The standard InChI is InChI=1S/C17H10ClN3O3S/c18-9-5-6-10-11(7-9)16(24)21(20-13(10)8-15(22)23)17-19-12-3-1-2-4-14(12)25-17/h1-7H,8H2,(H,22,23). The fourth-order valence-electron chi connectivity index (χ4n) is 2.63. The molecule has 0 atom stereocenters. The number of nitrogens with zero attached hydrogens (tertiary/aromatic N) is 3. The number of fused-ring (bicyclic) bond motifs is 2. The summed E-state index contributed by atoms with van der Waals surface area (Å²) < 4.78 is 2.07. The molecule has 0 unspecified atom stereocenters. The number of carbonyl (C=O) groups is 1. The first-order valence-corrected chi connectivity index (χ1v) is 8.51. The molecule has 8 heteroatoms. The Morgan fingerprint density at radius 1 is 1.20 bits per heavy atom. The predicted molar refractivity (Wildman–Crippen MR) is 96.9 cm³/mol. The third kappa shape index (κ3) is 2.77. The first kappa shape index (κ1) is 15.7. The molecule has 4 rings (SSSR count). The van der Waals surface area contributed by atoms with E-state index in [0.717, 1.165) is 14.9 Å². The smallest absolute Gasteiger partial charge is 0.309 e. The van der Waals surface area contributed by atoms with E-state index in [1.165, 1.54) is 17.4 Å². The Hall–Kier alpha value is -2.77. The molecule has 2 heterocycles. The van der Waals surface area contributed by atoms with Gasteiger partial charge in [0.1, 0.15) is 0 Å². The van der Waals surface area contributed by atoms with Crippen LogP contribution in [0.2, 0.25) is 5.02 Å². The van der Waals surface area contributed by atoms with Crippen LogP contribution in [0.1, 0.15) is 5.69 Å². The third-order valence-electron chi connectivity index (χ3n) is 3.72. The number of thiazole rings is 1. The van der Waals surface area contributed by atoms with E-state index in [1.807, 2.05) is 24.3 Å². The van der Waals surface area contributed by atoms with Crippen molar-refractivity contribution in [3.63, 3.8) is 0 Å². The van der Waals surface area contributed by atoms with Gasteiger partial charge in [-0.1, -0.05) is 41.1 Å². The summed E-state index contributed by atoms with van der Waals surface area (Å²) in [5.74, 6) is -1.03. The molecule has 0 bridgehead atoms. The topological polar surface area (TPSA) is 85.1 Å². The zero-order valence-electron chi connectivity index (χ0n) is 12.6. The van der Waals surface area contributed by atoms with Gasteiger partial charge in [-0.2, -0.15) is 9.78 Å².